The monoisotopic (exact) mass is 342 g/mol. The van der Waals surface area contributed by atoms with Gasteiger partial charge in [-0.3, -0.25) is 4.18 Å². The molecular weight excluding hydrogens is 337 g/mol. The first-order valence-corrected chi connectivity index (χ1v) is 6.64. The van der Waals surface area contributed by atoms with Gasteiger partial charge in [0.25, 0.3) is 0 Å². The molecule has 0 N–H and O–H groups in total. The third-order valence-corrected chi connectivity index (χ3v) is 3.02. The molecule has 96 valence electrons. The van der Waals surface area contributed by atoms with Crippen LogP contribution in [0.15, 0.2) is 12.1 Å². The van der Waals surface area contributed by atoms with E-state index < -0.39 is 17.0 Å². The number of rotatable bonds is 5. The Kier molecular flexibility index (Phi) is 8.48. The molecule has 0 bridgehead atoms. The minimum Gasteiger partial charge on any atom is -0.726 e. The van der Waals surface area contributed by atoms with Gasteiger partial charge in [0, 0.05) is 6.07 Å². The maximum absolute atomic E-state index is 10.1. The summed E-state index contributed by atoms with van der Waals surface area (Å²) < 4.78 is 39.3. The van der Waals surface area contributed by atoms with E-state index in [-0.39, 0.29) is 57.0 Å². The molecule has 0 saturated heterocycles. The Morgan fingerprint density at radius 2 is 1.61 bits per heavy atom. The predicted octanol–water partition coefficient (Wildman–Crippen LogP) is -0.494. The first-order valence-electron chi connectivity index (χ1n) is 4.17. The van der Waals surface area contributed by atoms with Crippen LogP contribution in [-0.2, 0) is 14.6 Å². The number of hydrogen-bond acceptors (Lipinski definition) is 5. The van der Waals surface area contributed by atoms with Crippen molar-refractivity contribution in [3.8, 4) is 5.75 Å². The first kappa shape index (κ1) is 18.8. The molecule has 0 unspecified atom stereocenters. The zero-order chi connectivity index (χ0) is 13.1. The summed E-state index contributed by atoms with van der Waals surface area (Å²) in [7, 11) is -4.71. The second-order valence-corrected chi connectivity index (χ2v) is 5.05. The van der Waals surface area contributed by atoms with Crippen molar-refractivity contribution in [2.24, 2.45) is 0 Å². The molecule has 0 saturated carbocycles. The molecule has 0 heterocycles. The molecule has 0 aromatic heterocycles. The van der Waals surface area contributed by atoms with Gasteiger partial charge in [-0.25, -0.2) is 8.42 Å². The fraction of sp³-hybridized carbons (Fsp3) is 0.250. The fourth-order valence-corrected chi connectivity index (χ4v) is 1.77. The predicted molar refractivity (Wildman–Crippen MR) is 62.6 cm³/mol. The Hall–Kier alpha value is 0.760. The summed E-state index contributed by atoms with van der Waals surface area (Å²) in [5.74, 6) is 0.216. The van der Waals surface area contributed by atoms with Gasteiger partial charge in [-0.2, -0.15) is 0 Å². The number of benzene rings is 1. The zero-order valence-corrected chi connectivity index (χ0v) is 14.2. The van der Waals surface area contributed by atoms with Gasteiger partial charge in [0.2, 0.25) is 10.4 Å². The Bertz CT molecular complexity index is 508. The van der Waals surface area contributed by atoms with Crippen LogP contribution in [0.1, 0.15) is 0 Å². The minimum absolute atomic E-state index is 0. The summed E-state index contributed by atoms with van der Waals surface area (Å²) in [6.07, 6.45) is 0. The van der Waals surface area contributed by atoms with Gasteiger partial charge < -0.3 is 9.29 Å². The molecule has 1 aromatic rings. The van der Waals surface area contributed by atoms with Gasteiger partial charge in [0.15, 0.2) is 0 Å². The van der Waals surface area contributed by atoms with E-state index in [0.717, 1.165) is 0 Å². The van der Waals surface area contributed by atoms with E-state index in [2.05, 4.69) is 4.18 Å². The Morgan fingerprint density at radius 3 is 2.17 bits per heavy atom. The maximum Gasteiger partial charge on any atom is 1.00 e. The molecule has 1 aromatic carbocycles. The average Bonchev–Trinajstić information content (AvgIpc) is 2.18. The first-order chi connectivity index (χ1) is 7.79. The molecule has 0 spiro atoms. The van der Waals surface area contributed by atoms with Gasteiger partial charge in [0.05, 0.1) is 21.7 Å². The van der Waals surface area contributed by atoms with Crippen LogP contribution in [0.5, 0.6) is 5.75 Å². The normalized spacial score (nSPS) is 10.9. The van der Waals surface area contributed by atoms with E-state index in [1.54, 1.807) is 0 Å². The quantitative estimate of drug-likeness (QED) is 0.237. The van der Waals surface area contributed by atoms with Gasteiger partial charge in [-0.05, 0) is 6.07 Å². The average molecular weight is 344 g/mol. The summed E-state index contributed by atoms with van der Waals surface area (Å²) >= 11 is 17.2. The second-order valence-electron chi connectivity index (χ2n) is 2.78. The van der Waals surface area contributed by atoms with Crippen LogP contribution in [-0.4, -0.2) is 26.2 Å². The van der Waals surface area contributed by atoms with E-state index in [0.29, 0.717) is 0 Å². The van der Waals surface area contributed by atoms with Crippen molar-refractivity contribution in [1.29, 1.82) is 0 Å². The van der Waals surface area contributed by atoms with Crippen LogP contribution < -0.4 is 34.3 Å². The van der Waals surface area contributed by atoms with E-state index in [1.165, 1.54) is 12.1 Å². The second kappa shape index (κ2) is 8.14. The van der Waals surface area contributed by atoms with Crippen molar-refractivity contribution in [2.75, 3.05) is 13.2 Å². The molecular formula is C8H6Cl3NaO5S. The molecule has 0 amide bonds. The van der Waals surface area contributed by atoms with Crippen molar-refractivity contribution < 1.29 is 51.4 Å². The summed E-state index contributed by atoms with van der Waals surface area (Å²) in [5, 5.41) is 0.718. The molecule has 0 aliphatic carbocycles. The summed E-state index contributed by atoms with van der Waals surface area (Å²) in [6, 6.07) is 2.75. The number of hydrogen-bond donors (Lipinski definition) is 0. The molecule has 0 aliphatic rings. The third kappa shape index (κ3) is 6.79. The largest absolute Gasteiger partial charge is 1.00 e. The molecule has 0 aliphatic heterocycles. The van der Waals surface area contributed by atoms with Crippen LogP contribution >= 0.6 is 34.8 Å². The van der Waals surface area contributed by atoms with Gasteiger partial charge >= 0.3 is 29.6 Å². The van der Waals surface area contributed by atoms with Gasteiger partial charge in [-0.15, -0.1) is 0 Å². The van der Waals surface area contributed by atoms with Crippen LogP contribution in [0.4, 0.5) is 0 Å². The summed E-state index contributed by atoms with van der Waals surface area (Å²) in [6.45, 7) is -0.582. The van der Waals surface area contributed by atoms with Crippen molar-refractivity contribution in [1.82, 2.24) is 0 Å². The molecule has 5 nitrogen and oxygen atoms in total. The van der Waals surface area contributed by atoms with Crippen LogP contribution in [0, 0.1) is 0 Å². The van der Waals surface area contributed by atoms with E-state index in [1.807, 2.05) is 0 Å². The maximum atomic E-state index is 10.1. The zero-order valence-electron chi connectivity index (χ0n) is 9.15. The Balaban J connectivity index is 0.00000289. The number of halogens is 3. The number of ether oxygens (including phenoxy) is 1. The Labute approximate surface area is 142 Å². The van der Waals surface area contributed by atoms with Gasteiger partial charge in [0.1, 0.15) is 12.4 Å². The van der Waals surface area contributed by atoms with Gasteiger partial charge in [-0.1, -0.05) is 34.8 Å². The molecule has 0 radical (unpaired) electrons. The topological polar surface area (TPSA) is 75.7 Å². The molecule has 10 heteroatoms. The Morgan fingerprint density at radius 1 is 1.06 bits per heavy atom. The molecule has 0 fully saturated rings. The standard InChI is InChI=1S/C8H7Cl3O5S.Na/c9-5-3-7(11)8(4-6(5)10)15-1-2-16-17(12,13)14;/h3-4H,1-2H2,(H,12,13,14);/q;+1/p-1. The molecule has 1 rings (SSSR count). The SMILES string of the molecule is O=S(=O)([O-])OCCOc1cc(Cl)c(Cl)cc1Cl.[Na+]. The van der Waals surface area contributed by atoms with Crippen LogP contribution in [0.3, 0.4) is 0 Å². The summed E-state index contributed by atoms with van der Waals surface area (Å²) in [5.41, 5.74) is 0. The van der Waals surface area contributed by atoms with Crippen molar-refractivity contribution >= 4 is 45.2 Å². The van der Waals surface area contributed by atoms with E-state index in [4.69, 9.17) is 39.5 Å². The molecule has 0 atom stereocenters. The summed E-state index contributed by atoms with van der Waals surface area (Å²) in [4.78, 5) is 0. The van der Waals surface area contributed by atoms with Crippen molar-refractivity contribution in [3.05, 3.63) is 27.2 Å². The van der Waals surface area contributed by atoms with Crippen LogP contribution in [0.2, 0.25) is 15.1 Å². The van der Waals surface area contributed by atoms with Crippen LogP contribution in [0.25, 0.3) is 0 Å². The van der Waals surface area contributed by atoms with Crippen molar-refractivity contribution in [3.63, 3.8) is 0 Å². The fourth-order valence-electron chi connectivity index (χ4n) is 0.903. The smallest absolute Gasteiger partial charge is 0.726 e. The minimum atomic E-state index is -4.71. The van der Waals surface area contributed by atoms with E-state index >= 15 is 0 Å². The molecule has 18 heavy (non-hydrogen) atoms. The van der Waals surface area contributed by atoms with Crippen molar-refractivity contribution in [2.45, 2.75) is 0 Å². The third-order valence-electron chi connectivity index (χ3n) is 1.54. The van der Waals surface area contributed by atoms with E-state index in [9.17, 15) is 13.0 Å².